The van der Waals surface area contributed by atoms with Crippen molar-refractivity contribution in [3.05, 3.63) is 34.3 Å². The highest BCUT2D eigenvalue weighted by molar-refractivity contribution is 9.10. The van der Waals surface area contributed by atoms with E-state index in [0.717, 1.165) is 23.2 Å². The van der Waals surface area contributed by atoms with Crippen molar-refractivity contribution < 1.29 is 4.79 Å². The van der Waals surface area contributed by atoms with Crippen LogP contribution in [0.2, 0.25) is 0 Å². The third-order valence-corrected chi connectivity index (χ3v) is 4.81. The van der Waals surface area contributed by atoms with Crippen LogP contribution in [0.5, 0.6) is 0 Å². The maximum atomic E-state index is 12.3. The van der Waals surface area contributed by atoms with Crippen molar-refractivity contribution in [2.75, 3.05) is 0 Å². The van der Waals surface area contributed by atoms with Gasteiger partial charge in [-0.3, -0.25) is 10.2 Å². The number of rotatable bonds is 5. The van der Waals surface area contributed by atoms with Gasteiger partial charge in [-0.15, -0.1) is 0 Å². The quantitative estimate of drug-likeness (QED) is 0.761. The molecule has 1 aromatic carbocycles. The minimum absolute atomic E-state index is 0.0945. The molecule has 1 saturated heterocycles. The Bertz CT molecular complexity index is 501. The molecule has 3 rings (SSSR count). The average molecular weight is 352 g/mol. The van der Waals surface area contributed by atoms with Crippen LogP contribution in [0.25, 0.3) is 0 Å². The molecule has 114 valence electrons. The van der Waals surface area contributed by atoms with Gasteiger partial charge >= 0.3 is 0 Å². The first-order valence-corrected chi connectivity index (χ1v) is 8.47. The van der Waals surface area contributed by atoms with Gasteiger partial charge in [-0.2, -0.15) is 0 Å². The molecule has 1 heterocycles. The van der Waals surface area contributed by atoms with E-state index in [1.807, 2.05) is 12.1 Å². The van der Waals surface area contributed by atoms with Gasteiger partial charge in [0.05, 0.1) is 0 Å². The van der Waals surface area contributed by atoms with Crippen LogP contribution in [0.3, 0.4) is 0 Å². The van der Waals surface area contributed by atoms with Crippen LogP contribution in [0, 0.1) is 5.92 Å². The highest BCUT2D eigenvalue weighted by Crippen LogP contribution is 2.35. The van der Waals surface area contributed by atoms with E-state index in [4.69, 9.17) is 0 Å². The summed E-state index contributed by atoms with van der Waals surface area (Å²) in [5, 5.41) is 3.11. The second-order valence-corrected chi connectivity index (χ2v) is 7.18. The molecule has 1 amide bonds. The number of benzene rings is 1. The SMILES string of the molecule is CC(Cc1ccc(Br)cc1)NC(=O)C1CC(C2CC2)NN1. The normalized spacial score (nSPS) is 26.6. The Labute approximate surface area is 134 Å². The second-order valence-electron chi connectivity index (χ2n) is 6.26. The van der Waals surface area contributed by atoms with E-state index in [2.05, 4.69) is 51.2 Å². The number of carbonyl (C=O) groups excluding carboxylic acids is 1. The van der Waals surface area contributed by atoms with Gasteiger partial charge in [0.1, 0.15) is 6.04 Å². The molecule has 1 aliphatic carbocycles. The van der Waals surface area contributed by atoms with Crippen molar-refractivity contribution in [3.8, 4) is 0 Å². The first kappa shape index (κ1) is 15.0. The summed E-state index contributed by atoms with van der Waals surface area (Å²) in [4.78, 5) is 12.3. The molecule has 0 radical (unpaired) electrons. The van der Waals surface area contributed by atoms with Crippen molar-refractivity contribution in [2.24, 2.45) is 5.92 Å². The van der Waals surface area contributed by atoms with Gasteiger partial charge in [0, 0.05) is 16.6 Å². The summed E-state index contributed by atoms with van der Waals surface area (Å²) in [5.74, 6) is 0.880. The number of hydrogen-bond acceptors (Lipinski definition) is 3. The van der Waals surface area contributed by atoms with Crippen molar-refractivity contribution in [1.29, 1.82) is 0 Å². The molecule has 1 aromatic rings. The average Bonchev–Trinajstić information content (AvgIpc) is 3.18. The van der Waals surface area contributed by atoms with Crippen LogP contribution in [0.15, 0.2) is 28.7 Å². The van der Waals surface area contributed by atoms with Crippen LogP contribution in [0.4, 0.5) is 0 Å². The molecule has 3 atom stereocenters. The largest absolute Gasteiger partial charge is 0.352 e. The molecular formula is C16H22BrN3O. The van der Waals surface area contributed by atoms with E-state index < -0.39 is 0 Å². The lowest BCUT2D eigenvalue weighted by Crippen LogP contribution is -2.46. The zero-order chi connectivity index (χ0) is 14.8. The summed E-state index contributed by atoms with van der Waals surface area (Å²) in [6, 6.07) is 8.77. The van der Waals surface area contributed by atoms with Crippen LogP contribution in [-0.2, 0) is 11.2 Å². The van der Waals surface area contributed by atoms with Crippen LogP contribution >= 0.6 is 15.9 Å². The summed E-state index contributed by atoms with van der Waals surface area (Å²) >= 11 is 3.43. The fourth-order valence-corrected chi connectivity index (χ4v) is 3.19. The van der Waals surface area contributed by atoms with E-state index in [1.165, 1.54) is 18.4 Å². The zero-order valence-electron chi connectivity index (χ0n) is 12.2. The molecule has 21 heavy (non-hydrogen) atoms. The van der Waals surface area contributed by atoms with Gasteiger partial charge in [-0.05, 0) is 56.2 Å². The van der Waals surface area contributed by atoms with Gasteiger partial charge in [0.2, 0.25) is 5.91 Å². The molecule has 2 fully saturated rings. The minimum atomic E-state index is -0.0945. The van der Waals surface area contributed by atoms with Gasteiger partial charge in [0.15, 0.2) is 0 Å². The van der Waals surface area contributed by atoms with Crippen LogP contribution in [-0.4, -0.2) is 24.0 Å². The molecule has 1 saturated carbocycles. The Kier molecular flexibility index (Phi) is 4.62. The Morgan fingerprint density at radius 1 is 1.33 bits per heavy atom. The topological polar surface area (TPSA) is 53.2 Å². The highest BCUT2D eigenvalue weighted by atomic mass is 79.9. The first-order valence-electron chi connectivity index (χ1n) is 7.67. The van der Waals surface area contributed by atoms with Gasteiger partial charge in [0.25, 0.3) is 0 Å². The molecule has 0 aromatic heterocycles. The molecule has 3 unspecified atom stereocenters. The second kappa shape index (κ2) is 6.46. The summed E-state index contributed by atoms with van der Waals surface area (Å²) in [7, 11) is 0. The monoisotopic (exact) mass is 351 g/mol. The Balaban J connectivity index is 1.46. The van der Waals surface area contributed by atoms with Crippen LogP contribution in [0.1, 0.15) is 31.7 Å². The summed E-state index contributed by atoms with van der Waals surface area (Å²) in [5.41, 5.74) is 7.63. The standard InChI is InChI=1S/C16H22BrN3O/c1-10(8-11-2-6-13(17)7-3-11)18-16(21)15-9-14(19-20-15)12-4-5-12/h2-3,6-7,10,12,14-15,19-20H,4-5,8-9H2,1H3,(H,18,21). The van der Waals surface area contributed by atoms with E-state index in [1.54, 1.807) is 0 Å². The Morgan fingerprint density at radius 2 is 2.05 bits per heavy atom. The molecule has 0 spiro atoms. The summed E-state index contributed by atoms with van der Waals surface area (Å²) < 4.78 is 1.08. The minimum Gasteiger partial charge on any atom is -0.352 e. The van der Waals surface area contributed by atoms with Crippen molar-refractivity contribution in [2.45, 2.75) is 50.7 Å². The Morgan fingerprint density at radius 3 is 2.71 bits per heavy atom. The zero-order valence-corrected chi connectivity index (χ0v) is 13.8. The van der Waals surface area contributed by atoms with Gasteiger partial charge in [-0.1, -0.05) is 28.1 Å². The predicted molar refractivity (Wildman–Crippen MR) is 86.6 cm³/mol. The van der Waals surface area contributed by atoms with Crippen LogP contribution < -0.4 is 16.2 Å². The van der Waals surface area contributed by atoms with E-state index in [-0.39, 0.29) is 18.0 Å². The number of carbonyl (C=O) groups is 1. The third kappa shape index (κ3) is 4.05. The number of halogens is 1. The maximum absolute atomic E-state index is 12.3. The highest BCUT2D eigenvalue weighted by Gasteiger charge is 2.38. The maximum Gasteiger partial charge on any atom is 0.238 e. The van der Waals surface area contributed by atoms with Gasteiger partial charge in [-0.25, -0.2) is 5.43 Å². The fourth-order valence-electron chi connectivity index (χ4n) is 2.93. The fraction of sp³-hybridized carbons (Fsp3) is 0.562. The summed E-state index contributed by atoms with van der Waals surface area (Å²) in [6.45, 7) is 2.06. The van der Waals surface area contributed by atoms with E-state index >= 15 is 0 Å². The van der Waals surface area contributed by atoms with E-state index in [0.29, 0.717) is 6.04 Å². The number of nitrogens with one attached hydrogen (secondary N) is 3. The van der Waals surface area contributed by atoms with Crippen molar-refractivity contribution >= 4 is 21.8 Å². The van der Waals surface area contributed by atoms with Gasteiger partial charge < -0.3 is 5.32 Å². The number of amides is 1. The number of hydrogen-bond donors (Lipinski definition) is 3. The molecule has 0 bridgehead atoms. The predicted octanol–water partition coefficient (Wildman–Crippen LogP) is 2.14. The van der Waals surface area contributed by atoms with Crippen molar-refractivity contribution in [3.63, 3.8) is 0 Å². The van der Waals surface area contributed by atoms with Crippen molar-refractivity contribution in [1.82, 2.24) is 16.2 Å². The lowest BCUT2D eigenvalue weighted by molar-refractivity contribution is -0.123. The molecule has 4 nitrogen and oxygen atoms in total. The first-order chi connectivity index (χ1) is 10.1. The molecule has 2 aliphatic rings. The lowest BCUT2D eigenvalue weighted by atomic mass is 10.0. The smallest absolute Gasteiger partial charge is 0.238 e. The molecule has 5 heteroatoms. The lowest BCUT2D eigenvalue weighted by Gasteiger charge is -2.17. The molecule has 3 N–H and O–H groups in total. The van der Waals surface area contributed by atoms with E-state index in [9.17, 15) is 4.79 Å². The Hall–Kier alpha value is -0.910. The molecule has 1 aliphatic heterocycles. The molecular weight excluding hydrogens is 330 g/mol. The number of hydrazine groups is 1. The third-order valence-electron chi connectivity index (χ3n) is 4.28. The summed E-state index contributed by atoms with van der Waals surface area (Å²) in [6.07, 6.45) is 4.36.